The van der Waals surface area contributed by atoms with Crippen molar-refractivity contribution >= 4 is 21.4 Å². The van der Waals surface area contributed by atoms with E-state index in [1.165, 1.54) is 30.6 Å². The van der Waals surface area contributed by atoms with Crippen LogP contribution in [0.25, 0.3) is 10.6 Å². The van der Waals surface area contributed by atoms with E-state index in [2.05, 4.69) is 14.7 Å². The number of nitrogens with zero attached hydrogens (tertiary/aromatic N) is 2. The molecule has 0 saturated carbocycles. The van der Waals surface area contributed by atoms with Crippen LogP contribution in [0.1, 0.15) is 5.69 Å². The maximum Gasteiger partial charge on any atom is 0.240 e. The van der Waals surface area contributed by atoms with E-state index in [1.54, 1.807) is 24.5 Å². The molecule has 2 heterocycles. The summed E-state index contributed by atoms with van der Waals surface area (Å²) in [6.07, 6.45) is 3.39. The Morgan fingerprint density at radius 3 is 2.50 bits per heavy atom. The van der Waals surface area contributed by atoms with Crippen molar-refractivity contribution in [2.75, 3.05) is 7.11 Å². The molecule has 6 nitrogen and oxygen atoms in total. The second-order valence-corrected chi connectivity index (χ2v) is 7.51. The number of aromatic nitrogens is 2. The monoisotopic (exact) mass is 361 g/mol. The van der Waals surface area contributed by atoms with Gasteiger partial charge >= 0.3 is 0 Å². The van der Waals surface area contributed by atoms with Crippen LogP contribution in [0.5, 0.6) is 5.75 Å². The summed E-state index contributed by atoms with van der Waals surface area (Å²) in [5.41, 5.74) is 1.63. The van der Waals surface area contributed by atoms with Crippen LogP contribution in [-0.2, 0) is 16.6 Å². The van der Waals surface area contributed by atoms with E-state index in [4.69, 9.17) is 4.74 Å². The highest BCUT2D eigenvalue weighted by molar-refractivity contribution is 7.89. The van der Waals surface area contributed by atoms with Gasteiger partial charge in [0.2, 0.25) is 10.0 Å². The molecule has 0 saturated heterocycles. The maximum absolute atomic E-state index is 12.3. The van der Waals surface area contributed by atoms with Crippen molar-refractivity contribution in [3.05, 3.63) is 59.9 Å². The third kappa shape index (κ3) is 3.78. The first-order valence-corrected chi connectivity index (χ1v) is 9.43. The van der Waals surface area contributed by atoms with Crippen molar-refractivity contribution < 1.29 is 13.2 Å². The minimum absolute atomic E-state index is 0.135. The highest BCUT2D eigenvalue weighted by Crippen LogP contribution is 2.23. The Morgan fingerprint density at radius 1 is 1.12 bits per heavy atom. The molecule has 0 amide bonds. The van der Waals surface area contributed by atoms with Gasteiger partial charge in [-0.1, -0.05) is 0 Å². The molecule has 0 spiro atoms. The van der Waals surface area contributed by atoms with E-state index in [1.807, 2.05) is 17.5 Å². The van der Waals surface area contributed by atoms with Crippen molar-refractivity contribution in [1.82, 2.24) is 14.7 Å². The molecule has 0 aliphatic rings. The molecule has 0 aliphatic heterocycles. The van der Waals surface area contributed by atoms with Crippen molar-refractivity contribution in [3.63, 3.8) is 0 Å². The lowest BCUT2D eigenvalue weighted by Crippen LogP contribution is -2.23. The van der Waals surface area contributed by atoms with Gasteiger partial charge in [-0.2, -0.15) is 0 Å². The number of pyridine rings is 1. The summed E-state index contributed by atoms with van der Waals surface area (Å²) in [7, 11) is -2.06. The fraction of sp³-hybridized carbons (Fsp3) is 0.125. The summed E-state index contributed by atoms with van der Waals surface area (Å²) in [6, 6.07) is 9.96. The quantitative estimate of drug-likeness (QED) is 0.730. The third-order valence-corrected chi connectivity index (χ3v) is 5.65. The molecule has 3 aromatic rings. The van der Waals surface area contributed by atoms with E-state index in [0.29, 0.717) is 11.4 Å². The summed E-state index contributed by atoms with van der Waals surface area (Å²) < 4.78 is 32.2. The molecular weight excluding hydrogens is 346 g/mol. The largest absolute Gasteiger partial charge is 0.497 e. The Kier molecular flexibility index (Phi) is 4.89. The van der Waals surface area contributed by atoms with Crippen LogP contribution in [0.4, 0.5) is 0 Å². The average molecular weight is 361 g/mol. The first-order valence-electron chi connectivity index (χ1n) is 7.07. The van der Waals surface area contributed by atoms with Crippen LogP contribution in [0.3, 0.4) is 0 Å². The van der Waals surface area contributed by atoms with Gasteiger partial charge in [-0.05, 0) is 36.4 Å². The second kappa shape index (κ2) is 7.08. The Bertz CT molecular complexity index is 907. The fourth-order valence-electron chi connectivity index (χ4n) is 2.02. The van der Waals surface area contributed by atoms with Gasteiger partial charge in [0.1, 0.15) is 10.8 Å². The number of sulfonamides is 1. The molecule has 0 radical (unpaired) electrons. The molecule has 2 aromatic heterocycles. The van der Waals surface area contributed by atoms with Crippen molar-refractivity contribution in [2.45, 2.75) is 11.4 Å². The molecule has 0 unspecified atom stereocenters. The molecular formula is C16H15N3O3S2. The molecule has 0 aliphatic carbocycles. The first-order chi connectivity index (χ1) is 11.6. The Morgan fingerprint density at radius 2 is 1.83 bits per heavy atom. The smallest absolute Gasteiger partial charge is 0.240 e. The molecule has 0 bridgehead atoms. The SMILES string of the molecule is COc1ccc(S(=O)(=O)NCc2csc(-c3ccncc3)n2)cc1. The zero-order valence-electron chi connectivity index (χ0n) is 12.8. The van der Waals surface area contributed by atoms with Gasteiger partial charge in [-0.25, -0.2) is 18.1 Å². The molecule has 24 heavy (non-hydrogen) atoms. The van der Waals surface area contributed by atoms with Gasteiger partial charge in [-0.15, -0.1) is 11.3 Å². The average Bonchev–Trinajstić information content (AvgIpc) is 3.10. The van der Waals surface area contributed by atoms with Crippen molar-refractivity contribution in [3.8, 4) is 16.3 Å². The van der Waals surface area contributed by atoms with Gasteiger partial charge in [0.05, 0.1) is 24.2 Å². The standard InChI is InChI=1S/C16H15N3O3S2/c1-22-14-2-4-15(5-3-14)24(20,21)18-10-13-11-23-16(19-13)12-6-8-17-9-7-12/h2-9,11,18H,10H2,1H3. The van der Waals surface area contributed by atoms with Crippen LogP contribution in [0.15, 0.2) is 59.1 Å². The predicted molar refractivity (Wildman–Crippen MR) is 92.4 cm³/mol. The second-order valence-electron chi connectivity index (χ2n) is 4.88. The van der Waals surface area contributed by atoms with Crippen LogP contribution in [-0.4, -0.2) is 25.5 Å². The molecule has 0 atom stereocenters. The Hall–Kier alpha value is -2.29. The number of benzene rings is 1. The molecule has 3 rings (SSSR count). The van der Waals surface area contributed by atoms with E-state index >= 15 is 0 Å². The minimum Gasteiger partial charge on any atom is -0.497 e. The van der Waals surface area contributed by atoms with Crippen molar-refractivity contribution in [1.29, 1.82) is 0 Å². The number of nitrogens with one attached hydrogen (secondary N) is 1. The summed E-state index contributed by atoms with van der Waals surface area (Å²) in [5.74, 6) is 0.607. The number of hydrogen-bond donors (Lipinski definition) is 1. The van der Waals surface area contributed by atoms with Crippen LogP contribution in [0.2, 0.25) is 0 Å². The number of methoxy groups -OCH3 is 1. The van der Waals surface area contributed by atoms with Crippen molar-refractivity contribution in [2.24, 2.45) is 0 Å². The number of rotatable bonds is 6. The molecule has 0 fully saturated rings. The minimum atomic E-state index is -3.59. The highest BCUT2D eigenvalue weighted by Gasteiger charge is 2.14. The lowest BCUT2D eigenvalue weighted by Gasteiger charge is -2.06. The zero-order chi connectivity index (χ0) is 17.0. The van der Waals surface area contributed by atoms with Gasteiger partial charge in [0, 0.05) is 23.3 Å². The predicted octanol–water partition coefficient (Wildman–Crippen LogP) is 2.69. The summed E-state index contributed by atoms with van der Waals surface area (Å²) in [6.45, 7) is 0.135. The van der Waals surface area contributed by atoms with Crippen LogP contribution in [0, 0.1) is 0 Å². The van der Waals surface area contributed by atoms with Gasteiger partial charge in [-0.3, -0.25) is 4.98 Å². The lowest BCUT2D eigenvalue weighted by atomic mass is 10.3. The van der Waals surface area contributed by atoms with Gasteiger partial charge in [0.25, 0.3) is 0 Å². The zero-order valence-corrected chi connectivity index (χ0v) is 14.5. The number of hydrogen-bond acceptors (Lipinski definition) is 6. The summed E-state index contributed by atoms with van der Waals surface area (Å²) >= 11 is 1.46. The lowest BCUT2D eigenvalue weighted by molar-refractivity contribution is 0.414. The van der Waals surface area contributed by atoms with E-state index in [9.17, 15) is 8.42 Å². The normalized spacial score (nSPS) is 11.4. The van der Waals surface area contributed by atoms with E-state index in [0.717, 1.165) is 10.6 Å². The van der Waals surface area contributed by atoms with Gasteiger partial charge in [0.15, 0.2) is 0 Å². The van der Waals surface area contributed by atoms with E-state index < -0.39 is 10.0 Å². The molecule has 1 aromatic carbocycles. The maximum atomic E-state index is 12.3. The van der Waals surface area contributed by atoms with Crippen LogP contribution >= 0.6 is 11.3 Å². The van der Waals surface area contributed by atoms with Gasteiger partial charge < -0.3 is 4.74 Å². The first kappa shape index (κ1) is 16.6. The number of thiazole rings is 1. The highest BCUT2D eigenvalue weighted by atomic mass is 32.2. The summed E-state index contributed by atoms with van der Waals surface area (Å²) in [5, 5.41) is 2.67. The topological polar surface area (TPSA) is 81.2 Å². The number of ether oxygens (including phenoxy) is 1. The molecule has 124 valence electrons. The fourth-order valence-corrected chi connectivity index (χ4v) is 3.85. The van der Waals surface area contributed by atoms with E-state index in [-0.39, 0.29) is 11.4 Å². The third-order valence-electron chi connectivity index (χ3n) is 3.29. The summed E-state index contributed by atoms with van der Waals surface area (Å²) in [4.78, 5) is 8.60. The molecule has 8 heteroatoms. The van der Waals surface area contributed by atoms with Crippen LogP contribution < -0.4 is 9.46 Å². The molecule has 1 N–H and O–H groups in total. The Labute approximate surface area is 144 Å². The Balaban J connectivity index is 1.69.